The van der Waals surface area contributed by atoms with E-state index in [4.69, 9.17) is 4.18 Å². The molecule has 3 nitrogen and oxygen atoms in total. The van der Waals surface area contributed by atoms with Crippen LogP contribution in [-0.2, 0) is 14.3 Å². The third-order valence-electron chi connectivity index (χ3n) is 2.46. The average molecular weight is 268 g/mol. The van der Waals surface area contributed by atoms with Crippen LogP contribution in [0, 0.1) is 5.41 Å². The molecule has 0 aliphatic heterocycles. The van der Waals surface area contributed by atoms with Gasteiger partial charge in [0, 0.05) is 0 Å². The van der Waals surface area contributed by atoms with Gasteiger partial charge < -0.3 is 0 Å². The molecule has 0 amide bonds. The fourth-order valence-electron chi connectivity index (χ4n) is 1.78. The van der Waals surface area contributed by atoms with Crippen LogP contribution in [0.3, 0.4) is 0 Å². The molecule has 0 aliphatic carbocycles. The van der Waals surface area contributed by atoms with Gasteiger partial charge in [-0.2, -0.15) is 8.42 Å². The Kier molecular flexibility index (Phi) is 5.44. The van der Waals surface area contributed by atoms with Gasteiger partial charge in [-0.15, -0.1) is 0 Å². The van der Waals surface area contributed by atoms with E-state index in [9.17, 15) is 8.42 Å². The molecule has 0 saturated heterocycles. The molecule has 98 valence electrons. The SMILES string of the molecule is C[P@@](COS(C)(=O)=O)C(C)(C)CC(C)(C)C. The molecule has 0 N–H and O–H groups in total. The molecule has 0 spiro atoms. The van der Waals surface area contributed by atoms with Gasteiger partial charge >= 0.3 is 0 Å². The van der Waals surface area contributed by atoms with Gasteiger partial charge in [0.2, 0.25) is 0 Å². The summed E-state index contributed by atoms with van der Waals surface area (Å²) < 4.78 is 26.8. The van der Waals surface area contributed by atoms with Crippen molar-refractivity contribution in [3.8, 4) is 0 Å². The van der Waals surface area contributed by atoms with Crippen molar-refractivity contribution in [1.82, 2.24) is 0 Å². The predicted octanol–water partition coefficient (Wildman–Crippen LogP) is 3.25. The second kappa shape index (κ2) is 5.32. The first-order valence-corrected chi connectivity index (χ1v) is 9.18. The lowest BCUT2D eigenvalue weighted by molar-refractivity contribution is 0.330. The number of hydrogen-bond donors (Lipinski definition) is 0. The fraction of sp³-hybridized carbons (Fsp3) is 1.00. The summed E-state index contributed by atoms with van der Waals surface area (Å²) in [5.74, 6) is 0. The van der Waals surface area contributed by atoms with Gasteiger partial charge in [0.05, 0.1) is 12.6 Å². The Labute approximate surface area is 102 Å². The Morgan fingerprint density at radius 2 is 1.56 bits per heavy atom. The van der Waals surface area contributed by atoms with Crippen molar-refractivity contribution in [2.24, 2.45) is 5.41 Å². The summed E-state index contributed by atoms with van der Waals surface area (Å²) >= 11 is 0. The van der Waals surface area contributed by atoms with Crippen molar-refractivity contribution in [1.29, 1.82) is 0 Å². The zero-order chi connectivity index (χ0) is 13.2. The molecule has 5 heteroatoms. The Bertz CT molecular complexity index is 315. The van der Waals surface area contributed by atoms with E-state index in [1.165, 1.54) is 0 Å². The lowest BCUT2D eigenvalue weighted by Crippen LogP contribution is -2.26. The maximum absolute atomic E-state index is 10.9. The fourth-order valence-corrected chi connectivity index (χ4v) is 4.27. The third kappa shape index (κ3) is 7.59. The van der Waals surface area contributed by atoms with E-state index >= 15 is 0 Å². The Hall–Kier alpha value is 0.340. The summed E-state index contributed by atoms with van der Waals surface area (Å²) in [7, 11) is -3.76. The Morgan fingerprint density at radius 3 is 1.88 bits per heavy atom. The first kappa shape index (κ1) is 16.3. The summed E-state index contributed by atoms with van der Waals surface area (Å²) in [4.78, 5) is 0. The molecule has 0 heterocycles. The molecule has 0 aromatic carbocycles. The van der Waals surface area contributed by atoms with Crippen LogP contribution in [-0.4, -0.2) is 32.8 Å². The first-order chi connectivity index (χ1) is 6.83. The van der Waals surface area contributed by atoms with E-state index in [2.05, 4.69) is 41.3 Å². The minimum atomic E-state index is -3.31. The molecule has 0 unspecified atom stereocenters. The van der Waals surface area contributed by atoms with Gasteiger partial charge in [-0.05, 0) is 23.7 Å². The van der Waals surface area contributed by atoms with E-state index in [1.807, 2.05) is 0 Å². The van der Waals surface area contributed by atoms with Crippen molar-refractivity contribution < 1.29 is 12.6 Å². The molecule has 0 bridgehead atoms. The van der Waals surface area contributed by atoms with Crippen LogP contribution in [0.1, 0.15) is 41.0 Å². The highest BCUT2D eigenvalue weighted by atomic mass is 32.2. The van der Waals surface area contributed by atoms with Crippen LogP contribution in [0.15, 0.2) is 0 Å². The highest BCUT2D eigenvalue weighted by Crippen LogP contribution is 2.51. The van der Waals surface area contributed by atoms with E-state index < -0.39 is 18.0 Å². The molecule has 0 saturated carbocycles. The summed E-state index contributed by atoms with van der Waals surface area (Å²) in [5, 5.41) is 0.137. The predicted molar refractivity (Wildman–Crippen MR) is 71.8 cm³/mol. The van der Waals surface area contributed by atoms with Gasteiger partial charge in [-0.3, -0.25) is 4.18 Å². The summed E-state index contributed by atoms with van der Waals surface area (Å²) in [6.45, 7) is 13.1. The topological polar surface area (TPSA) is 43.4 Å². The molecule has 1 atom stereocenters. The molecule has 0 fully saturated rings. The molecule has 16 heavy (non-hydrogen) atoms. The molecule has 0 aliphatic rings. The third-order valence-corrected chi connectivity index (χ3v) is 5.92. The van der Waals surface area contributed by atoms with E-state index in [0.29, 0.717) is 6.35 Å². The monoisotopic (exact) mass is 268 g/mol. The molecular formula is C11H25O3PS. The van der Waals surface area contributed by atoms with Crippen LogP contribution < -0.4 is 0 Å². The van der Waals surface area contributed by atoms with Gasteiger partial charge in [0.25, 0.3) is 10.1 Å². The quantitative estimate of drug-likeness (QED) is 0.568. The summed E-state index contributed by atoms with van der Waals surface area (Å²) in [6, 6.07) is 0. The second-order valence-electron chi connectivity index (χ2n) is 6.20. The largest absolute Gasteiger partial charge is 0.266 e. The van der Waals surface area contributed by atoms with Crippen molar-refractivity contribution in [2.45, 2.75) is 46.2 Å². The zero-order valence-electron chi connectivity index (χ0n) is 11.5. The van der Waals surface area contributed by atoms with E-state index in [0.717, 1.165) is 12.7 Å². The van der Waals surface area contributed by atoms with Gasteiger partial charge in [0.1, 0.15) is 0 Å². The number of hydrogen-bond acceptors (Lipinski definition) is 3. The second-order valence-corrected chi connectivity index (χ2v) is 10.7. The lowest BCUT2D eigenvalue weighted by atomic mass is 9.86. The van der Waals surface area contributed by atoms with Crippen molar-refractivity contribution in [2.75, 3.05) is 19.3 Å². The lowest BCUT2D eigenvalue weighted by Gasteiger charge is -2.37. The maximum Gasteiger partial charge on any atom is 0.264 e. The molecular weight excluding hydrogens is 243 g/mol. The van der Waals surface area contributed by atoms with Crippen molar-refractivity contribution in [3.63, 3.8) is 0 Å². The normalized spacial score (nSPS) is 16.2. The smallest absolute Gasteiger partial charge is 0.264 e. The van der Waals surface area contributed by atoms with Gasteiger partial charge in [0.15, 0.2) is 0 Å². The molecule has 0 aromatic heterocycles. The highest BCUT2D eigenvalue weighted by molar-refractivity contribution is 7.86. The van der Waals surface area contributed by atoms with Crippen LogP contribution in [0.4, 0.5) is 0 Å². The zero-order valence-corrected chi connectivity index (χ0v) is 13.2. The van der Waals surface area contributed by atoms with Crippen LogP contribution in [0.5, 0.6) is 0 Å². The van der Waals surface area contributed by atoms with Crippen molar-refractivity contribution in [3.05, 3.63) is 0 Å². The Balaban J connectivity index is 4.41. The minimum Gasteiger partial charge on any atom is -0.266 e. The molecule has 0 radical (unpaired) electrons. The summed E-state index contributed by atoms with van der Waals surface area (Å²) in [5.41, 5.74) is 0.255. The van der Waals surface area contributed by atoms with Gasteiger partial charge in [-0.1, -0.05) is 42.5 Å². The minimum absolute atomic E-state index is 0.137. The molecule has 0 aromatic rings. The first-order valence-electron chi connectivity index (χ1n) is 5.39. The highest BCUT2D eigenvalue weighted by Gasteiger charge is 2.31. The Morgan fingerprint density at radius 1 is 1.12 bits per heavy atom. The standard InChI is InChI=1S/C11H25O3PS/c1-10(2,3)8-11(4,5)15(6)9-14-16(7,12)13/h8-9H2,1-7H3/t15-/m0/s1. The number of rotatable bonds is 5. The summed E-state index contributed by atoms with van der Waals surface area (Å²) in [6.07, 6.45) is 2.50. The molecule has 0 rings (SSSR count). The van der Waals surface area contributed by atoms with Crippen LogP contribution in [0.25, 0.3) is 0 Å². The van der Waals surface area contributed by atoms with Gasteiger partial charge in [-0.25, -0.2) is 0 Å². The van der Waals surface area contributed by atoms with Crippen molar-refractivity contribution >= 4 is 18.0 Å². The van der Waals surface area contributed by atoms with E-state index in [-0.39, 0.29) is 10.6 Å². The van der Waals surface area contributed by atoms with Crippen LogP contribution >= 0.6 is 7.92 Å². The average Bonchev–Trinajstić information content (AvgIpc) is 1.93. The van der Waals surface area contributed by atoms with Crippen LogP contribution in [0.2, 0.25) is 0 Å². The van der Waals surface area contributed by atoms with E-state index in [1.54, 1.807) is 0 Å². The maximum atomic E-state index is 10.9.